The lowest BCUT2D eigenvalue weighted by Gasteiger charge is -2.33. The van der Waals surface area contributed by atoms with E-state index in [0.717, 1.165) is 28.6 Å². The van der Waals surface area contributed by atoms with E-state index in [1.807, 2.05) is 0 Å². The highest BCUT2D eigenvalue weighted by molar-refractivity contribution is 7.89. The van der Waals surface area contributed by atoms with Crippen LogP contribution >= 0.6 is 7.82 Å². The fourth-order valence-corrected chi connectivity index (χ4v) is 6.96. The zero-order valence-electron chi connectivity index (χ0n) is 22.6. The number of amides is 1. The monoisotopic (exact) mass is 615 g/mol. The quantitative estimate of drug-likeness (QED) is 0.169. The highest BCUT2D eigenvalue weighted by Gasteiger charge is 2.40. The highest BCUT2D eigenvalue weighted by Crippen LogP contribution is 2.48. The maximum atomic E-state index is 13.7. The Bertz CT molecular complexity index is 1320. The molecule has 2 aromatic rings. The number of benzene rings is 2. The largest absolute Gasteiger partial charge is 0.472 e. The lowest BCUT2D eigenvalue weighted by Crippen LogP contribution is -2.47. The Kier molecular flexibility index (Phi) is 11.4. The number of ether oxygens (including phenoxy) is 2. The van der Waals surface area contributed by atoms with E-state index in [0.29, 0.717) is 18.6 Å². The molecule has 0 bridgehead atoms. The second-order valence-electron chi connectivity index (χ2n) is 9.84. The van der Waals surface area contributed by atoms with E-state index in [1.54, 1.807) is 44.2 Å². The van der Waals surface area contributed by atoms with Crippen LogP contribution in [0.2, 0.25) is 0 Å². The molecule has 2 aromatic carbocycles. The van der Waals surface area contributed by atoms with Crippen LogP contribution in [-0.2, 0) is 39.5 Å². The SMILES string of the molecule is CC(C)CN(C[C@@H](OP(=O)(O)OC1CCOC1)[C@H](Cc1ccccc1)OC(N)=O)S(=O)(=O)c1ccc([N+](=O)[O-])cc1. The van der Waals surface area contributed by atoms with Crippen LogP contribution in [-0.4, -0.2) is 73.2 Å². The molecule has 14 nitrogen and oxygen atoms in total. The van der Waals surface area contributed by atoms with Crippen molar-refractivity contribution in [2.45, 2.75) is 49.9 Å². The normalized spacial score (nSPS) is 18.6. The van der Waals surface area contributed by atoms with Crippen molar-refractivity contribution in [2.75, 3.05) is 26.3 Å². The van der Waals surface area contributed by atoms with Crippen LogP contribution in [0.3, 0.4) is 0 Å². The Labute approximate surface area is 238 Å². The van der Waals surface area contributed by atoms with E-state index in [1.165, 1.54) is 0 Å². The Morgan fingerprint density at radius 2 is 1.83 bits per heavy atom. The van der Waals surface area contributed by atoms with Crippen molar-refractivity contribution in [1.29, 1.82) is 0 Å². The molecule has 3 N–H and O–H groups in total. The van der Waals surface area contributed by atoms with Crippen LogP contribution < -0.4 is 5.73 Å². The minimum Gasteiger partial charge on any atom is -0.443 e. The number of nitro benzene ring substituents is 1. The molecule has 3 rings (SSSR count). The van der Waals surface area contributed by atoms with Gasteiger partial charge in [0.2, 0.25) is 10.0 Å². The average molecular weight is 616 g/mol. The molecule has 226 valence electrons. The lowest BCUT2D eigenvalue weighted by atomic mass is 10.0. The molecular weight excluding hydrogens is 581 g/mol. The second-order valence-corrected chi connectivity index (χ2v) is 13.1. The van der Waals surface area contributed by atoms with Crippen molar-refractivity contribution in [3.8, 4) is 0 Å². The molecule has 0 radical (unpaired) electrons. The molecule has 0 saturated carbocycles. The van der Waals surface area contributed by atoms with Crippen LogP contribution in [0, 0.1) is 16.0 Å². The Hall–Kier alpha value is -2.91. The molecular formula is C25H34N3O11PS. The summed E-state index contributed by atoms with van der Waals surface area (Å²) in [7, 11) is -9.16. The topological polar surface area (TPSA) is 198 Å². The smallest absolute Gasteiger partial charge is 0.443 e. The van der Waals surface area contributed by atoms with E-state index in [2.05, 4.69) is 0 Å². The first-order valence-electron chi connectivity index (χ1n) is 12.8. The van der Waals surface area contributed by atoms with Crippen LogP contribution in [0.15, 0.2) is 59.5 Å². The molecule has 1 aliphatic heterocycles. The van der Waals surface area contributed by atoms with Gasteiger partial charge in [-0.2, -0.15) is 4.31 Å². The van der Waals surface area contributed by atoms with Gasteiger partial charge in [0.1, 0.15) is 12.2 Å². The van der Waals surface area contributed by atoms with Crippen molar-refractivity contribution in [2.24, 2.45) is 11.7 Å². The fraction of sp³-hybridized carbons (Fsp3) is 0.480. The van der Waals surface area contributed by atoms with Gasteiger partial charge in [0.15, 0.2) is 0 Å². The Balaban J connectivity index is 2.00. The number of nitrogens with zero attached hydrogens (tertiary/aromatic N) is 2. The summed E-state index contributed by atoms with van der Waals surface area (Å²) < 4.78 is 62.8. The average Bonchev–Trinajstić information content (AvgIpc) is 3.39. The minimum absolute atomic E-state index is 0.0336. The number of hydrogen-bond acceptors (Lipinski definition) is 10. The van der Waals surface area contributed by atoms with Crippen molar-refractivity contribution in [3.63, 3.8) is 0 Å². The van der Waals surface area contributed by atoms with Gasteiger partial charge in [0.05, 0.1) is 22.5 Å². The number of nitro groups is 1. The van der Waals surface area contributed by atoms with E-state index in [4.69, 9.17) is 24.3 Å². The minimum atomic E-state index is -4.84. The predicted molar refractivity (Wildman–Crippen MR) is 146 cm³/mol. The predicted octanol–water partition coefficient (Wildman–Crippen LogP) is 3.24. The van der Waals surface area contributed by atoms with Gasteiger partial charge in [-0.1, -0.05) is 44.2 Å². The number of phosphoric acid groups is 1. The maximum Gasteiger partial charge on any atom is 0.472 e. The summed E-state index contributed by atoms with van der Waals surface area (Å²) in [5.41, 5.74) is 5.68. The van der Waals surface area contributed by atoms with Crippen LogP contribution in [0.1, 0.15) is 25.8 Å². The van der Waals surface area contributed by atoms with Gasteiger partial charge in [-0.25, -0.2) is 17.8 Å². The number of phosphoric ester groups is 1. The molecule has 0 spiro atoms. The third-order valence-electron chi connectivity index (χ3n) is 6.04. The molecule has 0 aromatic heterocycles. The first-order chi connectivity index (χ1) is 19.3. The number of carbonyl (C=O) groups excluding carboxylic acids is 1. The molecule has 1 heterocycles. The number of primary amides is 1. The number of nitrogens with two attached hydrogens (primary N) is 1. The molecule has 4 atom stereocenters. The maximum absolute atomic E-state index is 13.7. The molecule has 41 heavy (non-hydrogen) atoms. The summed E-state index contributed by atoms with van der Waals surface area (Å²) in [6, 6.07) is 13.0. The summed E-state index contributed by atoms with van der Waals surface area (Å²) in [5, 5.41) is 11.1. The standard InChI is InChI=1S/C25H34N3O11PS/c1-18(2)15-27(41(34,35)22-10-8-20(9-11-22)28(30)31)16-24(39-40(32,33)38-21-12-13-36-17-21)23(37-25(26)29)14-19-6-4-3-5-7-19/h3-11,18,21,23-24H,12-17H2,1-2H3,(H2,26,29)(H,32,33)/t21?,23-,24+/m0/s1. The second kappa shape index (κ2) is 14.3. The number of hydrogen-bond donors (Lipinski definition) is 2. The number of rotatable bonds is 15. The van der Waals surface area contributed by atoms with Gasteiger partial charge in [0, 0.05) is 38.2 Å². The number of carbonyl (C=O) groups is 1. The molecule has 2 unspecified atom stereocenters. The highest BCUT2D eigenvalue weighted by atomic mass is 32.2. The van der Waals surface area contributed by atoms with Gasteiger partial charge in [-0.3, -0.25) is 19.2 Å². The van der Waals surface area contributed by atoms with E-state index in [9.17, 15) is 32.8 Å². The third kappa shape index (κ3) is 9.85. The van der Waals surface area contributed by atoms with Gasteiger partial charge >= 0.3 is 13.9 Å². The van der Waals surface area contributed by atoms with Crippen molar-refractivity contribution < 1.29 is 46.1 Å². The van der Waals surface area contributed by atoms with E-state index in [-0.39, 0.29) is 36.1 Å². The molecule has 1 amide bonds. The summed E-state index contributed by atoms with van der Waals surface area (Å²) in [6.45, 7) is 3.30. The van der Waals surface area contributed by atoms with Gasteiger partial charge in [-0.05, 0) is 30.0 Å². The van der Waals surface area contributed by atoms with Gasteiger partial charge in [0.25, 0.3) is 5.69 Å². The zero-order chi connectivity index (χ0) is 30.2. The summed E-state index contributed by atoms with van der Waals surface area (Å²) in [4.78, 5) is 32.7. The molecule has 1 aliphatic rings. The summed E-state index contributed by atoms with van der Waals surface area (Å²) in [6.07, 6.45) is -4.45. The van der Waals surface area contributed by atoms with Crippen LogP contribution in [0.5, 0.6) is 0 Å². The van der Waals surface area contributed by atoms with Crippen molar-refractivity contribution in [3.05, 3.63) is 70.3 Å². The number of non-ortho nitro benzene ring substituents is 1. The molecule has 1 saturated heterocycles. The zero-order valence-corrected chi connectivity index (χ0v) is 24.3. The first-order valence-corrected chi connectivity index (χ1v) is 15.7. The van der Waals surface area contributed by atoms with E-state index < -0.39 is 53.7 Å². The number of sulfonamides is 1. The fourth-order valence-electron chi connectivity index (χ4n) is 4.21. The third-order valence-corrected chi connectivity index (χ3v) is 8.99. The molecule has 16 heteroatoms. The van der Waals surface area contributed by atoms with Crippen LogP contribution in [0.4, 0.5) is 10.5 Å². The Morgan fingerprint density at radius 3 is 2.37 bits per heavy atom. The summed E-state index contributed by atoms with van der Waals surface area (Å²) in [5.74, 6) is -0.221. The van der Waals surface area contributed by atoms with E-state index >= 15 is 0 Å². The summed E-state index contributed by atoms with van der Waals surface area (Å²) >= 11 is 0. The van der Waals surface area contributed by atoms with Crippen molar-refractivity contribution >= 4 is 29.6 Å². The van der Waals surface area contributed by atoms with Crippen LogP contribution in [0.25, 0.3) is 0 Å². The van der Waals surface area contributed by atoms with Gasteiger partial charge in [-0.15, -0.1) is 0 Å². The molecule has 0 aliphatic carbocycles. The first kappa shape index (κ1) is 32.6. The van der Waals surface area contributed by atoms with Crippen molar-refractivity contribution in [1.82, 2.24) is 4.31 Å². The van der Waals surface area contributed by atoms with Gasteiger partial charge < -0.3 is 20.1 Å². The lowest BCUT2D eigenvalue weighted by molar-refractivity contribution is -0.384. The Morgan fingerprint density at radius 1 is 1.17 bits per heavy atom. The molecule has 1 fully saturated rings.